The molecule has 5 saturated carbocycles. The molecule has 0 saturated heterocycles. The van der Waals surface area contributed by atoms with Gasteiger partial charge in [-0.1, -0.05) is 26.7 Å². The van der Waals surface area contributed by atoms with E-state index >= 15 is 0 Å². The third-order valence-corrected chi connectivity index (χ3v) is 11.5. The van der Waals surface area contributed by atoms with Gasteiger partial charge in [0.2, 0.25) is 0 Å². The Morgan fingerprint density at radius 2 is 1.60 bits per heavy atom. The van der Waals surface area contributed by atoms with Crippen molar-refractivity contribution in [1.82, 2.24) is 4.90 Å². The van der Waals surface area contributed by atoms with Crippen LogP contribution in [0.5, 0.6) is 0 Å². The lowest BCUT2D eigenvalue weighted by Gasteiger charge is -2.61. The normalized spacial score (nSPS) is 58.1. The summed E-state index contributed by atoms with van der Waals surface area (Å²) in [5.41, 5.74) is 2.81. The quantitative estimate of drug-likeness (QED) is 0.583. The molecule has 2 spiro atoms. The minimum atomic E-state index is 0.581. The van der Waals surface area contributed by atoms with Gasteiger partial charge in [-0.15, -0.1) is 0 Å². The highest BCUT2D eigenvalue weighted by atomic mass is 15.1. The molecule has 142 valence electrons. The zero-order chi connectivity index (χ0) is 17.7. The number of rotatable bonds is 2. The van der Waals surface area contributed by atoms with E-state index in [-0.39, 0.29) is 0 Å². The molecule has 8 unspecified atom stereocenters. The molecule has 5 aliphatic rings. The minimum absolute atomic E-state index is 0.581. The lowest BCUT2D eigenvalue weighted by atomic mass is 9.43. The van der Waals surface area contributed by atoms with Gasteiger partial charge < -0.3 is 4.90 Å². The van der Waals surface area contributed by atoms with Gasteiger partial charge in [0.15, 0.2) is 0 Å². The summed E-state index contributed by atoms with van der Waals surface area (Å²) in [6.07, 6.45) is 17.1. The summed E-state index contributed by atoms with van der Waals surface area (Å²) in [7, 11) is 4.61. The maximum absolute atomic E-state index is 2.76. The molecule has 0 heterocycles. The molecule has 0 aliphatic heterocycles. The molecule has 0 aromatic rings. The average molecular weight is 344 g/mol. The average Bonchev–Trinajstić information content (AvgIpc) is 3.16. The summed E-state index contributed by atoms with van der Waals surface area (Å²) in [6, 6.07) is 0.736. The number of fused-ring (bicyclic) bond motifs is 2. The zero-order valence-corrected chi connectivity index (χ0v) is 17.5. The zero-order valence-electron chi connectivity index (χ0n) is 17.5. The Hall–Kier alpha value is -0.0400. The summed E-state index contributed by atoms with van der Waals surface area (Å²) in [5.74, 6) is 3.07. The predicted molar refractivity (Wildman–Crippen MR) is 105 cm³/mol. The Bertz CT molecular complexity index is 568. The number of nitrogens with zero attached hydrogens (tertiary/aromatic N) is 1. The Morgan fingerprint density at radius 3 is 2.36 bits per heavy atom. The summed E-state index contributed by atoms with van der Waals surface area (Å²) < 4.78 is 0. The molecule has 0 aromatic carbocycles. The van der Waals surface area contributed by atoms with E-state index in [9.17, 15) is 0 Å². The highest BCUT2D eigenvalue weighted by Crippen LogP contribution is 2.87. The van der Waals surface area contributed by atoms with Crippen molar-refractivity contribution < 1.29 is 0 Å². The highest BCUT2D eigenvalue weighted by Gasteiger charge is 2.80. The van der Waals surface area contributed by atoms with Crippen LogP contribution in [0, 0.1) is 39.4 Å². The number of hydrogen-bond acceptors (Lipinski definition) is 1. The van der Waals surface area contributed by atoms with E-state index in [2.05, 4.69) is 39.8 Å². The maximum atomic E-state index is 2.76. The van der Waals surface area contributed by atoms with E-state index in [0.717, 1.165) is 34.6 Å². The monoisotopic (exact) mass is 343 g/mol. The molecule has 8 atom stereocenters. The molecule has 0 bridgehead atoms. The van der Waals surface area contributed by atoms with Gasteiger partial charge in [0.1, 0.15) is 0 Å². The second-order valence-electron chi connectivity index (χ2n) is 11.7. The molecule has 5 aliphatic carbocycles. The molecule has 5 fully saturated rings. The van der Waals surface area contributed by atoms with Crippen molar-refractivity contribution in [3.8, 4) is 0 Å². The van der Waals surface area contributed by atoms with E-state index < -0.39 is 0 Å². The van der Waals surface area contributed by atoms with Crippen LogP contribution in [0.15, 0.2) is 0 Å². The minimum Gasteiger partial charge on any atom is -0.306 e. The Balaban J connectivity index is 1.50. The van der Waals surface area contributed by atoms with Gasteiger partial charge in [0.25, 0.3) is 0 Å². The molecule has 0 N–H and O–H groups in total. The van der Waals surface area contributed by atoms with E-state index in [0.29, 0.717) is 10.8 Å². The summed E-state index contributed by atoms with van der Waals surface area (Å²) in [4.78, 5) is 2.50. The second kappa shape index (κ2) is 5.06. The lowest BCUT2D eigenvalue weighted by Crippen LogP contribution is -2.55. The van der Waals surface area contributed by atoms with Crippen molar-refractivity contribution in [3.63, 3.8) is 0 Å². The SMILES string of the molecule is CC(C1CCC2(C)C3CCC4CCCCC45CC35CCC12C)N(C)C. The van der Waals surface area contributed by atoms with Gasteiger partial charge in [0, 0.05) is 6.04 Å². The molecule has 0 aromatic heterocycles. The topological polar surface area (TPSA) is 3.24 Å². The van der Waals surface area contributed by atoms with Crippen LogP contribution in [0.1, 0.15) is 91.4 Å². The van der Waals surface area contributed by atoms with Crippen molar-refractivity contribution in [3.05, 3.63) is 0 Å². The first-order valence-electron chi connectivity index (χ1n) is 11.5. The highest BCUT2D eigenvalue weighted by molar-refractivity contribution is 5.28. The fourth-order valence-corrected chi connectivity index (χ4v) is 9.84. The lowest BCUT2D eigenvalue weighted by molar-refractivity contribution is -0.128. The molecule has 1 heteroatoms. The van der Waals surface area contributed by atoms with Crippen molar-refractivity contribution in [2.24, 2.45) is 39.4 Å². The van der Waals surface area contributed by atoms with Crippen LogP contribution in [-0.2, 0) is 0 Å². The third-order valence-electron chi connectivity index (χ3n) is 11.5. The van der Waals surface area contributed by atoms with Gasteiger partial charge in [0.05, 0.1) is 0 Å². The summed E-state index contributed by atoms with van der Waals surface area (Å²) in [5, 5.41) is 0. The van der Waals surface area contributed by atoms with Crippen LogP contribution in [0.3, 0.4) is 0 Å². The molecule has 5 rings (SSSR count). The second-order valence-corrected chi connectivity index (χ2v) is 11.7. The molecule has 0 radical (unpaired) electrons. The first kappa shape index (κ1) is 17.1. The first-order chi connectivity index (χ1) is 11.8. The van der Waals surface area contributed by atoms with Gasteiger partial charge in [-0.25, -0.2) is 0 Å². The van der Waals surface area contributed by atoms with Crippen molar-refractivity contribution >= 4 is 0 Å². The standard InChI is InChI=1S/C24H41N/c1-17(25(4)5)19-11-13-22(3)20-10-9-18-8-6-7-12-23(18)16-24(20,23)15-14-21(19,22)2/h17-20H,6-16H2,1-5H3. The fourth-order valence-electron chi connectivity index (χ4n) is 9.84. The van der Waals surface area contributed by atoms with Crippen LogP contribution < -0.4 is 0 Å². The molecular weight excluding hydrogens is 302 g/mol. The first-order valence-corrected chi connectivity index (χ1v) is 11.5. The fraction of sp³-hybridized carbons (Fsp3) is 1.00. The Labute approximate surface area is 156 Å². The van der Waals surface area contributed by atoms with Gasteiger partial charge in [-0.2, -0.15) is 0 Å². The third kappa shape index (κ3) is 1.81. The molecule has 0 amide bonds. The van der Waals surface area contributed by atoms with E-state index in [1.165, 1.54) is 25.7 Å². The summed E-state index contributed by atoms with van der Waals surface area (Å²) in [6.45, 7) is 7.98. The van der Waals surface area contributed by atoms with Crippen LogP contribution >= 0.6 is 0 Å². The Kier molecular flexibility index (Phi) is 3.46. The van der Waals surface area contributed by atoms with Gasteiger partial charge in [-0.05, 0) is 118 Å². The predicted octanol–water partition coefficient (Wildman–Crippen LogP) is 6.13. The van der Waals surface area contributed by atoms with Crippen LogP contribution in [0.2, 0.25) is 0 Å². The van der Waals surface area contributed by atoms with Crippen molar-refractivity contribution in [1.29, 1.82) is 0 Å². The molecular formula is C24H41N. The molecule has 1 nitrogen and oxygen atoms in total. The van der Waals surface area contributed by atoms with Crippen LogP contribution in [0.4, 0.5) is 0 Å². The maximum Gasteiger partial charge on any atom is 0.00945 e. The largest absolute Gasteiger partial charge is 0.306 e. The van der Waals surface area contributed by atoms with Gasteiger partial charge >= 0.3 is 0 Å². The van der Waals surface area contributed by atoms with Crippen molar-refractivity contribution in [2.45, 2.75) is 97.4 Å². The summed E-state index contributed by atoms with van der Waals surface area (Å²) >= 11 is 0. The van der Waals surface area contributed by atoms with E-state index in [4.69, 9.17) is 0 Å². The Morgan fingerprint density at radius 1 is 0.800 bits per heavy atom. The van der Waals surface area contributed by atoms with Crippen molar-refractivity contribution in [2.75, 3.05) is 14.1 Å². The smallest absolute Gasteiger partial charge is 0.00945 e. The van der Waals surface area contributed by atoms with Crippen LogP contribution in [0.25, 0.3) is 0 Å². The number of hydrogen-bond donors (Lipinski definition) is 0. The van der Waals surface area contributed by atoms with Gasteiger partial charge in [-0.3, -0.25) is 0 Å². The van der Waals surface area contributed by atoms with Crippen LogP contribution in [-0.4, -0.2) is 25.0 Å². The van der Waals surface area contributed by atoms with E-state index in [1.807, 2.05) is 0 Å². The molecule has 25 heavy (non-hydrogen) atoms. The van der Waals surface area contributed by atoms with E-state index in [1.54, 1.807) is 44.9 Å².